The quantitative estimate of drug-likeness (QED) is 0.545. The zero-order valence-electron chi connectivity index (χ0n) is 6.05. The van der Waals surface area contributed by atoms with E-state index in [1.807, 2.05) is 0 Å². The molecule has 1 heterocycles. The summed E-state index contributed by atoms with van der Waals surface area (Å²) in [6, 6.07) is 0. The van der Waals surface area contributed by atoms with Crippen LogP contribution < -0.4 is 0 Å². The monoisotopic (exact) mass is 142 g/mol. The Morgan fingerprint density at radius 1 is 1.80 bits per heavy atom. The zero-order chi connectivity index (χ0) is 7.78. The van der Waals surface area contributed by atoms with E-state index in [0.717, 1.165) is 0 Å². The Kier molecular flexibility index (Phi) is 1.52. The number of ether oxygens (including phenoxy) is 1. The van der Waals surface area contributed by atoms with Crippen molar-refractivity contribution >= 4 is 5.97 Å². The molecule has 0 amide bonds. The van der Waals surface area contributed by atoms with Crippen LogP contribution in [0, 0.1) is 0 Å². The van der Waals surface area contributed by atoms with Crippen molar-refractivity contribution in [1.82, 2.24) is 0 Å². The van der Waals surface area contributed by atoms with E-state index in [1.54, 1.807) is 13.8 Å². The fraction of sp³-hybridized carbons (Fsp3) is 0.571. The minimum absolute atomic E-state index is 0.399. The molecule has 0 aliphatic carbocycles. The molecule has 3 nitrogen and oxygen atoms in total. The molecule has 0 aromatic carbocycles. The summed E-state index contributed by atoms with van der Waals surface area (Å²) in [5.74, 6) is -1.76. The number of hydrogen-bond acceptors (Lipinski definition) is 3. The maximum atomic E-state index is 10.7. The lowest BCUT2D eigenvalue weighted by molar-refractivity contribution is -0.179. The number of carbonyl (C=O) groups excluding carboxylic acids is 1. The van der Waals surface area contributed by atoms with Gasteiger partial charge in [0.2, 0.25) is 5.79 Å². The van der Waals surface area contributed by atoms with E-state index >= 15 is 0 Å². The third kappa shape index (κ3) is 1.04. The Balaban J connectivity index is 2.82. The molecule has 0 aromatic heterocycles. The molecular weight excluding hydrogens is 132 g/mol. The highest BCUT2D eigenvalue weighted by atomic mass is 16.7. The van der Waals surface area contributed by atoms with Crippen molar-refractivity contribution in [2.24, 2.45) is 0 Å². The normalized spacial score (nSPS) is 31.9. The number of esters is 1. The summed E-state index contributed by atoms with van der Waals surface area (Å²) in [6.07, 6.45) is 1.84. The molecule has 0 aromatic rings. The first-order valence-electron chi connectivity index (χ1n) is 3.22. The van der Waals surface area contributed by atoms with Crippen LogP contribution >= 0.6 is 0 Å². The highest BCUT2D eigenvalue weighted by molar-refractivity contribution is 5.90. The molecule has 0 fully saturated rings. The van der Waals surface area contributed by atoms with Gasteiger partial charge in [-0.25, -0.2) is 4.79 Å². The number of rotatable bonds is 1. The van der Waals surface area contributed by atoms with Gasteiger partial charge in [0.15, 0.2) is 0 Å². The second-order valence-electron chi connectivity index (χ2n) is 2.42. The lowest BCUT2D eigenvalue weighted by atomic mass is 10.2. The Morgan fingerprint density at radius 2 is 2.40 bits per heavy atom. The van der Waals surface area contributed by atoms with E-state index in [-0.39, 0.29) is 0 Å². The van der Waals surface area contributed by atoms with Crippen molar-refractivity contribution in [2.75, 3.05) is 0 Å². The first-order chi connectivity index (χ1) is 4.57. The molecule has 1 rings (SSSR count). The minimum Gasteiger partial charge on any atom is -0.426 e. The molecule has 0 radical (unpaired) electrons. The van der Waals surface area contributed by atoms with Crippen molar-refractivity contribution in [3.63, 3.8) is 0 Å². The second-order valence-corrected chi connectivity index (χ2v) is 2.42. The second kappa shape index (κ2) is 2.09. The van der Waals surface area contributed by atoms with E-state index in [1.165, 1.54) is 6.08 Å². The highest BCUT2D eigenvalue weighted by Gasteiger charge is 2.34. The summed E-state index contributed by atoms with van der Waals surface area (Å²) >= 11 is 0. The Labute approximate surface area is 59.3 Å². The lowest BCUT2D eigenvalue weighted by Gasteiger charge is -2.16. The molecule has 0 saturated heterocycles. The van der Waals surface area contributed by atoms with E-state index in [2.05, 4.69) is 4.74 Å². The Hall–Kier alpha value is -0.830. The third-order valence-corrected chi connectivity index (χ3v) is 1.54. The molecule has 3 heteroatoms. The number of hydrogen-bond donors (Lipinski definition) is 1. The Morgan fingerprint density at radius 3 is 2.60 bits per heavy atom. The fourth-order valence-corrected chi connectivity index (χ4v) is 0.842. The van der Waals surface area contributed by atoms with Gasteiger partial charge in [-0.1, -0.05) is 6.92 Å². The van der Waals surface area contributed by atoms with Crippen molar-refractivity contribution in [2.45, 2.75) is 26.1 Å². The van der Waals surface area contributed by atoms with Crippen LogP contribution in [0.1, 0.15) is 20.3 Å². The third-order valence-electron chi connectivity index (χ3n) is 1.54. The predicted octanol–water partition coefficient (Wildman–Crippen LogP) is 0.588. The van der Waals surface area contributed by atoms with Gasteiger partial charge in [0.05, 0.1) is 0 Å². The van der Waals surface area contributed by atoms with Gasteiger partial charge in [-0.15, -0.1) is 0 Å². The summed E-state index contributed by atoms with van der Waals surface area (Å²) in [5, 5.41) is 9.32. The smallest absolute Gasteiger partial charge is 0.336 e. The van der Waals surface area contributed by atoms with Crippen LogP contribution in [0.5, 0.6) is 0 Å². The molecule has 1 unspecified atom stereocenters. The minimum atomic E-state index is -1.33. The average molecular weight is 142 g/mol. The van der Waals surface area contributed by atoms with Gasteiger partial charge in [0.1, 0.15) is 0 Å². The molecule has 56 valence electrons. The van der Waals surface area contributed by atoms with Crippen LogP contribution in [0.4, 0.5) is 0 Å². The van der Waals surface area contributed by atoms with Crippen LogP contribution in [0.15, 0.2) is 11.6 Å². The van der Waals surface area contributed by atoms with E-state index in [4.69, 9.17) is 0 Å². The number of aliphatic hydroxyl groups is 1. The molecule has 1 atom stereocenters. The molecule has 1 aliphatic heterocycles. The van der Waals surface area contributed by atoms with E-state index in [0.29, 0.717) is 12.0 Å². The van der Waals surface area contributed by atoms with Gasteiger partial charge in [-0.3, -0.25) is 0 Å². The zero-order valence-corrected chi connectivity index (χ0v) is 6.05. The molecule has 1 aliphatic rings. The van der Waals surface area contributed by atoms with Gasteiger partial charge >= 0.3 is 5.97 Å². The molecule has 0 spiro atoms. The van der Waals surface area contributed by atoms with E-state index in [9.17, 15) is 9.90 Å². The van der Waals surface area contributed by atoms with Gasteiger partial charge < -0.3 is 9.84 Å². The molecule has 1 N–H and O–H groups in total. The summed E-state index contributed by atoms with van der Waals surface area (Å²) in [6.45, 7) is 3.37. The van der Waals surface area contributed by atoms with Crippen molar-refractivity contribution in [3.8, 4) is 0 Å². The predicted molar refractivity (Wildman–Crippen MR) is 35.1 cm³/mol. The summed E-state index contributed by atoms with van der Waals surface area (Å²) in [4.78, 5) is 10.7. The van der Waals surface area contributed by atoms with Crippen LogP contribution in [-0.2, 0) is 9.53 Å². The molecule has 10 heavy (non-hydrogen) atoms. The van der Waals surface area contributed by atoms with Crippen LogP contribution in [-0.4, -0.2) is 16.9 Å². The number of cyclic esters (lactones) is 1. The highest BCUT2D eigenvalue weighted by Crippen LogP contribution is 2.24. The first-order valence-corrected chi connectivity index (χ1v) is 3.22. The van der Waals surface area contributed by atoms with Crippen LogP contribution in [0.2, 0.25) is 0 Å². The Bertz CT molecular complexity index is 195. The largest absolute Gasteiger partial charge is 0.426 e. The van der Waals surface area contributed by atoms with Gasteiger partial charge in [-0.2, -0.15) is 0 Å². The topological polar surface area (TPSA) is 46.5 Å². The molecule has 0 bridgehead atoms. The van der Waals surface area contributed by atoms with Gasteiger partial charge in [0, 0.05) is 12.0 Å². The fourth-order valence-electron chi connectivity index (χ4n) is 0.842. The molecule has 0 saturated carbocycles. The van der Waals surface area contributed by atoms with Crippen molar-refractivity contribution in [3.05, 3.63) is 11.6 Å². The first kappa shape index (κ1) is 7.28. The summed E-state index contributed by atoms with van der Waals surface area (Å²) in [7, 11) is 0. The van der Waals surface area contributed by atoms with Crippen molar-refractivity contribution < 1.29 is 14.6 Å². The van der Waals surface area contributed by atoms with Crippen LogP contribution in [0.3, 0.4) is 0 Å². The maximum Gasteiger partial charge on any atom is 0.336 e. The number of carbonyl (C=O) groups is 1. The van der Waals surface area contributed by atoms with Crippen LogP contribution in [0.25, 0.3) is 0 Å². The lowest BCUT2D eigenvalue weighted by Crippen LogP contribution is -2.25. The van der Waals surface area contributed by atoms with E-state index < -0.39 is 11.8 Å². The maximum absolute atomic E-state index is 10.7. The SMILES string of the molecule is CCC1(O)C=C(C)C(=O)O1. The summed E-state index contributed by atoms with van der Waals surface area (Å²) < 4.78 is 4.63. The average Bonchev–Trinajstić information content (AvgIpc) is 2.10. The van der Waals surface area contributed by atoms with Gasteiger partial charge in [-0.05, 0) is 13.0 Å². The molecular formula is C7H10O3. The van der Waals surface area contributed by atoms with Gasteiger partial charge in [0.25, 0.3) is 0 Å². The summed E-state index contributed by atoms with van der Waals surface area (Å²) in [5.41, 5.74) is 0.476. The standard InChI is InChI=1S/C7H10O3/c1-3-7(9)4-5(2)6(8)10-7/h4,9H,3H2,1-2H3. The van der Waals surface area contributed by atoms with Crippen molar-refractivity contribution in [1.29, 1.82) is 0 Å².